The second kappa shape index (κ2) is 18.5. The first-order chi connectivity index (χ1) is 25.2. The Labute approximate surface area is 311 Å². The second-order valence-corrected chi connectivity index (χ2v) is 13.8. The van der Waals surface area contributed by atoms with Crippen molar-refractivity contribution in [3.8, 4) is 5.75 Å². The number of carbonyl (C=O) groups excluding carboxylic acids is 1. The lowest BCUT2D eigenvalue weighted by Gasteiger charge is -2.31. The Morgan fingerprint density at radius 1 is 0.865 bits per heavy atom. The predicted octanol–water partition coefficient (Wildman–Crippen LogP) is 11.2. The van der Waals surface area contributed by atoms with Crippen LogP contribution in [-0.4, -0.2) is 35.7 Å². The van der Waals surface area contributed by atoms with E-state index in [1.807, 2.05) is 56.3 Å². The van der Waals surface area contributed by atoms with Crippen molar-refractivity contribution in [1.29, 1.82) is 0 Å². The summed E-state index contributed by atoms with van der Waals surface area (Å²) in [5, 5.41) is 2.91. The van der Waals surface area contributed by atoms with E-state index in [4.69, 9.17) is 9.57 Å². The number of aromatic nitrogens is 1. The first-order valence-electron chi connectivity index (χ1n) is 18.8. The number of pyridine rings is 1. The monoisotopic (exact) mass is 694 g/mol. The summed E-state index contributed by atoms with van der Waals surface area (Å²) >= 11 is 0. The molecule has 1 heterocycles. The van der Waals surface area contributed by atoms with Gasteiger partial charge in [-0.15, -0.1) is 5.06 Å². The topological polar surface area (TPSA) is 51.7 Å². The van der Waals surface area contributed by atoms with Crippen LogP contribution in [0.15, 0.2) is 127 Å². The van der Waals surface area contributed by atoms with Crippen LogP contribution >= 0.6 is 0 Å². The molecule has 1 atom stereocenters. The van der Waals surface area contributed by atoms with Crippen LogP contribution < -0.4 is 4.74 Å². The summed E-state index contributed by atoms with van der Waals surface area (Å²) in [6.45, 7) is 16.3. The number of benzene rings is 4. The summed E-state index contributed by atoms with van der Waals surface area (Å²) in [5.41, 5.74) is 8.98. The SMILES string of the molecule is C=C(/C=C\c1ccccc1C)COc1ccc(C(C)(CCC(=O)ON(CC)CC)c2ccc(C3CC3)cc2)cc1.CCc1ccc2ccccc2n1. The number of para-hydroxylation sites is 1. The molecule has 1 unspecified atom stereocenters. The van der Waals surface area contributed by atoms with E-state index >= 15 is 0 Å². The van der Waals surface area contributed by atoms with Gasteiger partial charge in [0.1, 0.15) is 12.4 Å². The number of carbonyl (C=O) groups is 1. The Morgan fingerprint density at radius 2 is 1.52 bits per heavy atom. The van der Waals surface area contributed by atoms with Crippen LogP contribution in [0.25, 0.3) is 17.0 Å². The molecule has 5 aromatic rings. The molecule has 0 saturated heterocycles. The molecule has 5 heteroatoms. The smallest absolute Gasteiger partial charge is 0.325 e. The fourth-order valence-electron chi connectivity index (χ4n) is 6.32. The van der Waals surface area contributed by atoms with Crippen LogP contribution in [-0.2, 0) is 21.5 Å². The Hall–Kier alpha value is -5.00. The molecule has 0 aliphatic heterocycles. The third-order valence-electron chi connectivity index (χ3n) is 9.98. The molecule has 270 valence electrons. The molecular formula is C47H54N2O3. The second-order valence-electron chi connectivity index (χ2n) is 13.8. The number of hydrogen-bond donors (Lipinski definition) is 0. The lowest BCUT2D eigenvalue weighted by molar-refractivity contribution is -0.189. The minimum absolute atomic E-state index is 0.193. The van der Waals surface area contributed by atoms with Gasteiger partial charge in [-0.3, -0.25) is 9.78 Å². The van der Waals surface area contributed by atoms with E-state index in [1.54, 1.807) is 5.06 Å². The third-order valence-corrected chi connectivity index (χ3v) is 9.98. The summed E-state index contributed by atoms with van der Waals surface area (Å²) in [6, 6.07) is 37.9. The zero-order valence-electron chi connectivity index (χ0n) is 31.6. The van der Waals surface area contributed by atoms with Crippen molar-refractivity contribution in [3.05, 3.63) is 161 Å². The van der Waals surface area contributed by atoms with E-state index in [9.17, 15) is 4.79 Å². The van der Waals surface area contributed by atoms with Gasteiger partial charge in [0.25, 0.3) is 0 Å². The van der Waals surface area contributed by atoms with Crippen LogP contribution in [0.3, 0.4) is 0 Å². The van der Waals surface area contributed by atoms with Crippen molar-refractivity contribution >= 4 is 22.9 Å². The molecule has 0 amide bonds. The molecule has 1 saturated carbocycles. The normalized spacial score (nSPS) is 13.7. The Bertz CT molecular complexity index is 1940. The summed E-state index contributed by atoms with van der Waals surface area (Å²) in [6.07, 6.45) is 8.64. The van der Waals surface area contributed by atoms with Crippen molar-refractivity contribution in [2.75, 3.05) is 19.7 Å². The minimum atomic E-state index is -0.344. The molecule has 0 N–H and O–H groups in total. The van der Waals surface area contributed by atoms with Gasteiger partial charge < -0.3 is 9.57 Å². The number of hydroxylamine groups is 2. The molecule has 1 fully saturated rings. The highest BCUT2D eigenvalue weighted by Gasteiger charge is 2.31. The van der Waals surface area contributed by atoms with Crippen LogP contribution in [0.2, 0.25) is 0 Å². The molecule has 6 rings (SSSR count). The predicted molar refractivity (Wildman–Crippen MR) is 216 cm³/mol. The van der Waals surface area contributed by atoms with E-state index in [0.29, 0.717) is 38.5 Å². The summed E-state index contributed by atoms with van der Waals surface area (Å²) in [4.78, 5) is 22.8. The Balaban J connectivity index is 0.000000365. The summed E-state index contributed by atoms with van der Waals surface area (Å²) < 4.78 is 6.05. The van der Waals surface area contributed by atoms with Crippen molar-refractivity contribution in [2.24, 2.45) is 0 Å². The van der Waals surface area contributed by atoms with Gasteiger partial charge in [0, 0.05) is 36.0 Å². The number of aryl methyl sites for hydroxylation is 2. The van der Waals surface area contributed by atoms with Crippen LogP contribution in [0.4, 0.5) is 0 Å². The highest BCUT2D eigenvalue weighted by atomic mass is 16.7. The molecule has 0 radical (unpaired) electrons. The van der Waals surface area contributed by atoms with Gasteiger partial charge in [-0.1, -0.05) is 118 Å². The Kier molecular flexibility index (Phi) is 13.6. The average Bonchev–Trinajstić information content (AvgIpc) is 4.04. The van der Waals surface area contributed by atoms with Gasteiger partial charge in [0.05, 0.1) is 5.52 Å². The van der Waals surface area contributed by atoms with Gasteiger partial charge in [0.2, 0.25) is 0 Å². The van der Waals surface area contributed by atoms with Gasteiger partial charge >= 0.3 is 5.97 Å². The molecule has 1 aliphatic carbocycles. The van der Waals surface area contributed by atoms with Crippen molar-refractivity contribution in [1.82, 2.24) is 10.0 Å². The number of nitrogens with zero attached hydrogens (tertiary/aromatic N) is 2. The minimum Gasteiger partial charge on any atom is -0.489 e. The maximum Gasteiger partial charge on any atom is 0.325 e. The zero-order valence-corrected chi connectivity index (χ0v) is 31.6. The number of rotatable bonds is 15. The first-order valence-corrected chi connectivity index (χ1v) is 18.8. The molecule has 0 spiro atoms. The lowest BCUT2D eigenvalue weighted by Crippen LogP contribution is -2.29. The number of hydrogen-bond acceptors (Lipinski definition) is 5. The van der Waals surface area contributed by atoms with E-state index in [2.05, 4.69) is 111 Å². The molecule has 1 aromatic heterocycles. The zero-order chi connectivity index (χ0) is 36.9. The molecule has 5 nitrogen and oxygen atoms in total. The van der Waals surface area contributed by atoms with E-state index in [0.717, 1.165) is 34.5 Å². The molecule has 0 bridgehead atoms. The summed E-state index contributed by atoms with van der Waals surface area (Å²) in [5.74, 6) is 1.31. The fraction of sp³-hybridized carbons (Fsp3) is 0.319. The van der Waals surface area contributed by atoms with E-state index < -0.39 is 0 Å². The highest BCUT2D eigenvalue weighted by molar-refractivity contribution is 5.78. The Morgan fingerprint density at radius 3 is 2.17 bits per heavy atom. The average molecular weight is 695 g/mol. The molecular weight excluding hydrogens is 641 g/mol. The van der Waals surface area contributed by atoms with Gasteiger partial charge in [-0.25, -0.2) is 0 Å². The van der Waals surface area contributed by atoms with Gasteiger partial charge in [-0.05, 0) is 110 Å². The van der Waals surface area contributed by atoms with Crippen LogP contribution in [0, 0.1) is 6.92 Å². The fourth-order valence-corrected chi connectivity index (χ4v) is 6.32. The van der Waals surface area contributed by atoms with Crippen LogP contribution in [0.5, 0.6) is 5.75 Å². The first kappa shape index (κ1) is 38.2. The molecule has 4 aromatic carbocycles. The number of ether oxygens (including phenoxy) is 1. The standard InChI is InChI=1S/C36H43NO3.C11H11N/c1-6-37(7-2)40-35(38)24-25-36(5,32-18-16-31(17-19-32)30-14-15-30)33-20-22-34(23-21-33)39-26-27(3)12-13-29-11-9-8-10-28(29)4;1-2-10-8-7-9-5-3-4-6-11(9)12-10/h8-13,16-23,30H,3,6-7,14-15,24-26H2,1-2,4-5H3;3-8H,2H2,1H3/b13-12-;. The third kappa shape index (κ3) is 10.5. The maximum atomic E-state index is 12.7. The van der Waals surface area contributed by atoms with Crippen molar-refractivity contribution < 1.29 is 14.4 Å². The largest absolute Gasteiger partial charge is 0.489 e. The van der Waals surface area contributed by atoms with Gasteiger partial charge in [-0.2, -0.15) is 0 Å². The van der Waals surface area contributed by atoms with Gasteiger partial charge in [0.15, 0.2) is 0 Å². The maximum absolute atomic E-state index is 12.7. The van der Waals surface area contributed by atoms with Crippen molar-refractivity contribution in [3.63, 3.8) is 0 Å². The quantitative estimate of drug-likeness (QED) is 0.0806. The molecule has 1 aliphatic rings. The summed E-state index contributed by atoms with van der Waals surface area (Å²) in [7, 11) is 0. The molecule has 52 heavy (non-hydrogen) atoms. The van der Waals surface area contributed by atoms with E-state index in [1.165, 1.54) is 40.5 Å². The number of fused-ring (bicyclic) bond motifs is 1. The highest BCUT2D eigenvalue weighted by Crippen LogP contribution is 2.42. The van der Waals surface area contributed by atoms with Crippen molar-refractivity contribution in [2.45, 2.75) is 78.1 Å². The van der Waals surface area contributed by atoms with Crippen LogP contribution in [0.1, 0.15) is 92.8 Å². The van der Waals surface area contributed by atoms with E-state index in [-0.39, 0.29) is 11.4 Å². The lowest BCUT2D eigenvalue weighted by atomic mass is 9.73.